The van der Waals surface area contributed by atoms with E-state index in [0.29, 0.717) is 5.56 Å². The van der Waals surface area contributed by atoms with Gasteiger partial charge in [0.2, 0.25) is 5.82 Å². The molecule has 2 aromatic rings. The van der Waals surface area contributed by atoms with Gasteiger partial charge in [-0.15, -0.1) is 0 Å². The summed E-state index contributed by atoms with van der Waals surface area (Å²) in [5, 5.41) is 3.35. The predicted molar refractivity (Wildman–Crippen MR) is 67.6 cm³/mol. The molecule has 0 amide bonds. The van der Waals surface area contributed by atoms with Gasteiger partial charge in [0.1, 0.15) is 0 Å². The lowest BCUT2D eigenvalue weighted by molar-refractivity contribution is -0.159. The van der Waals surface area contributed by atoms with Gasteiger partial charge in [-0.1, -0.05) is 17.3 Å². The average molecular weight is 283 g/mol. The third kappa shape index (κ3) is 2.71. The number of halogens is 3. The number of nitrogens with zero attached hydrogens (tertiary/aromatic N) is 3. The number of hydrogen-bond donors (Lipinski definition) is 0. The summed E-state index contributed by atoms with van der Waals surface area (Å²) in [6.07, 6.45) is -4.63. The van der Waals surface area contributed by atoms with Gasteiger partial charge >= 0.3 is 12.1 Å². The van der Waals surface area contributed by atoms with Crippen molar-refractivity contribution in [2.75, 3.05) is 7.05 Å². The van der Waals surface area contributed by atoms with Crippen LogP contribution in [0.15, 0.2) is 27.7 Å². The predicted octanol–water partition coefficient (Wildman–Crippen LogP) is 3.50. The lowest BCUT2D eigenvalue weighted by Crippen LogP contribution is -2.04. The second-order valence-corrected chi connectivity index (χ2v) is 4.26. The number of alkyl halides is 3. The molecule has 1 heterocycles. The van der Waals surface area contributed by atoms with E-state index in [2.05, 4.69) is 19.7 Å². The standard InChI is InChI=1S/C13H12F3N3O/c1-7-6-9(4-5-10(7)8(2)17-3)11-18-12(20-19-11)13(14,15)16/h4-6H,1-3H3. The molecule has 0 saturated heterocycles. The molecule has 0 radical (unpaired) electrons. The third-order valence-electron chi connectivity index (χ3n) is 2.88. The third-order valence-corrected chi connectivity index (χ3v) is 2.88. The van der Waals surface area contributed by atoms with Gasteiger partial charge in [-0.2, -0.15) is 18.2 Å². The largest absolute Gasteiger partial charge is 0.471 e. The SMILES string of the molecule is CN=C(C)c1ccc(-c2noc(C(F)(F)F)n2)cc1C. The molecule has 0 aliphatic heterocycles. The van der Waals surface area contributed by atoms with E-state index in [4.69, 9.17) is 0 Å². The van der Waals surface area contributed by atoms with Crippen LogP contribution in [0.5, 0.6) is 0 Å². The van der Waals surface area contributed by atoms with Crippen molar-refractivity contribution < 1.29 is 17.7 Å². The molecular weight excluding hydrogens is 271 g/mol. The first-order valence-corrected chi connectivity index (χ1v) is 5.78. The van der Waals surface area contributed by atoms with Gasteiger partial charge in [0.25, 0.3) is 0 Å². The molecule has 0 unspecified atom stereocenters. The van der Waals surface area contributed by atoms with Crippen LogP contribution in [0.2, 0.25) is 0 Å². The average Bonchev–Trinajstić information content (AvgIpc) is 2.87. The summed E-state index contributed by atoms with van der Waals surface area (Å²) in [6.45, 7) is 3.70. The van der Waals surface area contributed by atoms with Crippen LogP contribution in [0.25, 0.3) is 11.4 Å². The number of rotatable bonds is 2. The first kappa shape index (κ1) is 14.2. The van der Waals surface area contributed by atoms with Crippen LogP contribution in [0.4, 0.5) is 13.2 Å². The van der Waals surface area contributed by atoms with Crippen LogP contribution in [-0.2, 0) is 6.18 Å². The minimum atomic E-state index is -4.63. The van der Waals surface area contributed by atoms with Gasteiger partial charge in [0.05, 0.1) is 0 Å². The van der Waals surface area contributed by atoms with Crippen molar-refractivity contribution in [3.8, 4) is 11.4 Å². The van der Waals surface area contributed by atoms with Crippen molar-refractivity contribution in [2.24, 2.45) is 4.99 Å². The fourth-order valence-corrected chi connectivity index (χ4v) is 1.79. The Bertz CT molecular complexity index is 659. The van der Waals surface area contributed by atoms with E-state index in [1.165, 1.54) is 0 Å². The lowest BCUT2D eigenvalue weighted by Gasteiger charge is -2.06. The van der Waals surface area contributed by atoms with E-state index in [0.717, 1.165) is 16.8 Å². The summed E-state index contributed by atoms with van der Waals surface area (Å²) in [5.41, 5.74) is 3.12. The molecular formula is C13H12F3N3O. The van der Waals surface area contributed by atoms with Crippen LogP contribution in [0, 0.1) is 6.92 Å². The van der Waals surface area contributed by atoms with Crippen LogP contribution < -0.4 is 0 Å². The summed E-state index contributed by atoms with van der Waals surface area (Å²) >= 11 is 0. The number of benzene rings is 1. The van der Waals surface area contributed by atoms with Gasteiger partial charge in [-0.3, -0.25) is 4.99 Å². The number of aromatic nitrogens is 2. The quantitative estimate of drug-likeness (QED) is 0.792. The summed E-state index contributed by atoms with van der Waals surface area (Å²) in [7, 11) is 1.68. The molecule has 0 spiro atoms. The Morgan fingerprint density at radius 3 is 2.50 bits per heavy atom. The fraction of sp³-hybridized carbons (Fsp3) is 0.308. The molecule has 1 aromatic carbocycles. The zero-order valence-electron chi connectivity index (χ0n) is 11.1. The molecule has 2 rings (SSSR count). The highest BCUT2D eigenvalue weighted by Gasteiger charge is 2.38. The minimum absolute atomic E-state index is 0.0851. The van der Waals surface area contributed by atoms with Crippen LogP contribution in [-0.4, -0.2) is 22.9 Å². The molecule has 0 N–H and O–H groups in total. The van der Waals surface area contributed by atoms with Crippen molar-refractivity contribution in [3.05, 3.63) is 35.2 Å². The first-order chi connectivity index (χ1) is 9.32. The normalized spacial score (nSPS) is 12.8. The smallest absolute Gasteiger partial charge is 0.329 e. The van der Waals surface area contributed by atoms with Gasteiger partial charge in [0.15, 0.2) is 0 Å². The highest BCUT2D eigenvalue weighted by atomic mass is 19.4. The number of aliphatic imine (C=N–C) groups is 1. The Morgan fingerprint density at radius 1 is 1.30 bits per heavy atom. The monoisotopic (exact) mass is 283 g/mol. The zero-order chi connectivity index (χ0) is 14.9. The van der Waals surface area contributed by atoms with Crippen LogP contribution >= 0.6 is 0 Å². The van der Waals surface area contributed by atoms with E-state index in [-0.39, 0.29) is 5.82 Å². The molecule has 20 heavy (non-hydrogen) atoms. The Hall–Kier alpha value is -2.18. The van der Waals surface area contributed by atoms with Crippen molar-refractivity contribution >= 4 is 5.71 Å². The molecule has 1 aromatic heterocycles. The van der Waals surface area contributed by atoms with Gasteiger partial charge in [-0.25, -0.2) is 0 Å². The molecule has 0 saturated carbocycles. The van der Waals surface area contributed by atoms with Gasteiger partial charge in [0, 0.05) is 18.3 Å². The Morgan fingerprint density at radius 2 is 2.00 bits per heavy atom. The highest BCUT2D eigenvalue weighted by molar-refractivity contribution is 6.00. The summed E-state index contributed by atoms with van der Waals surface area (Å²) in [5.74, 6) is -1.43. The molecule has 0 atom stereocenters. The summed E-state index contributed by atoms with van der Waals surface area (Å²) in [4.78, 5) is 7.43. The van der Waals surface area contributed by atoms with E-state index >= 15 is 0 Å². The van der Waals surface area contributed by atoms with E-state index in [1.807, 2.05) is 13.8 Å². The minimum Gasteiger partial charge on any atom is -0.329 e. The molecule has 106 valence electrons. The number of hydrogen-bond acceptors (Lipinski definition) is 4. The van der Waals surface area contributed by atoms with Crippen molar-refractivity contribution in [1.29, 1.82) is 0 Å². The fourth-order valence-electron chi connectivity index (χ4n) is 1.79. The molecule has 0 fully saturated rings. The Labute approximate surface area is 113 Å². The molecule has 0 aliphatic carbocycles. The van der Waals surface area contributed by atoms with E-state index in [9.17, 15) is 13.2 Å². The van der Waals surface area contributed by atoms with E-state index < -0.39 is 12.1 Å². The second-order valence-electron chi connectivity index (χ2n) is 4.26. The molecule has 0 bridgehead atoms. The topological polar surface area (TPSA) is 51.3 Å². The molecule has 7 heteroatoms. The molecule has 0 aliphatic rings. The maximum Gasteiger partial charge on any atom is 0.471 e. The highest BCUT2D eigenvalue weighted by Crippen LogP contribution is 2.29. The second kappa shape index (κ2) is 5.07. The van der Waals surface area contributed by atoms with Crippen molar-refractivity contribution in [3.63, 3.8) is 0 Å². The Balaban J connectivity index is 2.40. The van der Waals surface area contributed by atoms with Crippen molar-refractivity contribution in [2.45, 2.75) is 20.0 Å². The summed E-state index contributed by atoms with van der Waals surface area (Å²) in [6, 6.07) is 5.12. The maximum absolute atomic E-state index is 12.4. The Kier molecular flexibility index (Phi) is 3.61. The van der Waals surface area contributed by atoms with Gasteiger partial charge < -0.3 is 4.52 Å². The lowest BCUT2D eigenvalue weighted by atomic mass is 10.0. The molecule has 4 nitrogen and oxygen atoms in total. The maximum atomic E-state index is 12.4. The van der Waals surface area contributed by atoms with Crippen LogP contribution in [0.1, 0.15) is 23.9 Å². The summed E-state index contributed by atoms with van der Waals surface area (Å²) < 4.78 is 41.4. The zero-order valence-corrected chi connectivity index (χ0v) is 11.1. The van der Waals surface area contributed by atoms with Gasteiger partial charge in [-0.05, 0) is 31.0 Å². The van der Waals surface area contributed by atoms with Crippen molar-refractivity contribution in [1.82, 2.24) is 10.1 Å². The first-order valence-electron chi connectivity index (χ1n) is 5.78. The van der Waals surface area contributed by atoms with E-state index in [1.54, 1.807) is 25.2 Å². The van der Waals surface area contributed by atoms with Crippen LogP contribution in [0.3, 0.4) is 0 Å². The number of aryl methyl sites for hydroxylation is 1.